The third-order valence-electron chi connectivity index (χ3n) is 11.2. The van der Waals surface area contributed by atoms with Crippen LogP contribution in [0, 0.1) is 0 Å². The van der Waals surface area contributed by atoms with Gasteiger partial charge in [0.25, 0.3) is 0 Å². The summed E-state index contributed by atoms with van der Waals surface area (Å²) in [6.07, 6.45) is 15.3. The number of benzene rings is 7. The second-order valence-corrected chi connectivity index (χ2v) is 14.6. The first-order chi connectivity index (χ1) is 27.8. The minimum absolute atomic E-state index is 0.851. The van der Waals surface area contributed by atoms with E-state index in [1.54, 1.807) is 0 Å². The van der Waals surface area contributed by atoms with Crippen LogP contribution < -0.4 is 15.8 Å². The smallest absolute Gasteiger partial charge is 0.0701 e. The second kappa shape index (κ2) is 14.7. The molecule has 0 fully saturated rings. The van der Waals surface area contributed by atoms with E-state index in [1.165, 1.54) is 82.4 Å². The largest absolute Gasteiger partial charge is 0.381 e. The predicted molar refractivity (Wildman–Crippen MR) is 237 cm³/mol. The van der Waals surface area contributed by atoms with Gasteiger partial charge < -0.3 is 5.32 Å². The molecule has 7 aromatic carbocycles. The highest BCUT2D eigenvalue weighted by atomic mass is 14.9. The molecule has 266 valence electrons. The lowest BCUT2D eigenvalue weighted by Crippen LogP contribution is -2.31. The topological polar surface area (TPSA) is 24.9 Å². The second-order valence-electron chi connectivity index (χ2n) is 14.6. The van der Waals surface area contributed by atoms with E-state index < -0.39 is 0 Å². The van der Waals surface area contributed by atoms with Gasteiger partial charge in [0.1, 0.15) is 0 Å². The Bertz CT molecular complexity index is 2850. The van der Waals surface area contributed by atoms with Crippen LogP contribution in [0.5, 0.6) is 0 Å². The van der Waals surface area contributed by atoms with Crippen LogP contribution in [0.3, 0.4) is 0 Å². The summed E-state index contributed by atoms with van der Waals surface area (Å²) in [7, 11) is 0. The predicted octanol–water partition coefficient (Wildman–Crippen LogP) is 12.1. The van der Waals surface area contributed by atoms with Gasteiger partial charge in [-0.2, -0.15) is 0 Å². The minimum Gasteiger partial charge on any atom is -0.381 e. The fraction of sp³-hybridized carbons (Fsp3) is 0.0556. The standard InChI is InChI=1S/C54H40N2/c1-3-13-37(14-4-1)44-33-45(38-15-5-2-6-16-38)35-46(34-44)43-29-30-49-50(36-43)54(42-27-23-40(24-28-42)52-20-10-12-32-56-52)48-18-8-7-17-47(48)53(49)41-25-21-39(22-26-41)51-19-9-11-31-55-51/h1-6,9-30,32-36,55H,7-8,31H2. The number of dihydropyridines is 1. The number of pyridine rings is 1. The minimum atomic E-state index is 0.851. The molecule has 2 nitrogen and oxygen atoms in total. The fourth-order valence-corrected chi connectivity index (χ4v) is 8.41. The van der Waals surface area contributed by atoms with Crippen molar-refractivity contribution in [3.63, 3.8) is 0 Å². The molecule has 2 heterocycles. The molecule has 2 heteroatoms. The van der Waals surface area contributed by atoms with Crippen LogP contribution in [-0.2, 0) is 0 Å². The Balaban J connectivity index is 1.21. The molecule has 1 N–H and O–H groups in total. The number of allylic oxidation sites excluding steroid dienone is 2. The zero-order valence-corrected chi connectivity index (χ0v) is 31.1. The van der Waals surface area contributed by atoms with Crippen molar-refractivity contribution >= 4 is 28.6 Å². The molecule has 0 spiro atoms. The van der Waals surface area contributed by atoms with Gasteiger partial charge in [0.2, 0.25) is 0 Å². The number of hydrogen-bond acceptors (Lipinski definition) is 2. The Morgan fingerprint density at radius 1 is 0.411 bits per heavy atom. The number of hydrogen-bond donors (Lipinski definition) is 1. The van der Waals surface area contributed by atoms with Crippen molar-refractivity contribution in [1.29, 1.82) is 0 Å². The van der Waals surface area contributed by atoms with Gasteiger partial charge in [-0.3, -0.25) is 4.98 Å². The number of fused-ring (bicyclic) bond motifs is 2. The Morgan fingerprint density at radius 3 is 1.52 bits per heavy atom. The summed E-state index contributed by atoms with van der Waals surface area (Å²) in [6.45, 7) is 0.851. The van der Waals surface area contributed by atoms with E-state index in [0.29, 0.717) is 0 Å². The molecular formula is C54H40N2. The summed E-state index contributed by atoms with van der Waals surface area (Å²) in [6, 6.07) is 59.9. The molecule has 0 radical (unpaired) electrons. The zero-order chi connectivity index (χ0) is 37.3. The number of rotatable bonds is 7. The molecule has 8 aromatic rings. The van der Waals surface area contributed by atoms with Crippen LogP contribution in [0.4, 0.5) is 0 Å². The van der Waals surface area contributed by atoms with Crippen molar-refractivity contribution in [2.45, 2.75) is 12.8 Å². The molecule has 0 amide bonds. The van der Waals surface area contributed by atoms with Crippen LogP contribution >= 0.6 is 0 Å². The van der Waals surface area contributed by atoms with Crippen LogP contribution in [0.15, 0.2) is 188 Å². The number of nitrogens with zero attached hydrogens (tertiary/aromatic N) is 1. The SMILES string of the molecule is C1=CCNC(c2ccc(-c3c4c(c(-c5ccc(-c6ccccn6)cc5)c5cc(-c6cc(-c7ccccc7)cc(-c7ccccc7)c6)ccc35)=CCCC=4)cc2)=C1. The van der Waals surface area contributed by atoms with E-state index in [4.69, 9.17) is 0 Å². The monoisotopic (exact) mass is 716 g/mol. The lowest BCUT2D eigenvalue weighted by molar-refractivity contribution is 0.996. The highest BCUT2D eigenvalue weighted by Crippen LogP contribution is 2.38. The van der Waals surface area contributed by atoms with Crippen molar-refractivity contribution in [3.05, 3.63) is 204 Å². The van der Waals surface area contributed by atoms with E-state index in [1.807, 2.05) is 18.3 Å². The number of aromatic nitrogens is 1. The van der Waals surface area contributed by atoms with Gasteiger partial charge in [-0.25, -0.2) is 0 Å². The summed E-state index contributed by atoms with van der Waals surface area (Å²) in [5.74, 6) is 0. The van der Waals surface area contributed by atoms with Crippen molar-refractivity contribution in [1.82, 2.24) is 10.3 Å². The first-order valence-corrected chi connectivity index (χ1v) is 19.6. The molecule has 0 atom stereocenters. The zero-order valence-electron chi connectivity index (χ0n) is 31.1. The quantitative estimate of drug-likeness (QED) is 0.178. The normalized spacial score (nSPS) is 13.2. The van der Waals surface area contributed by atoms with Gasteiger partial charge in [-0.1, -0.05) is 152 Å². The van der Waals surface area contributed by atoms with Gasteiger partial charge in [0, 0.05) is 24.0 Å². The average Bonchev–Trinajstić information content (AvgIpc) is 3.29. The lowest BCUT2D eigenvalue weighted by Gasteiger charge is -2.20. The maximum absolute atomic E-state index is 4.63. The van der Waals surface area contributed by atoms with E-state index in [-0.39, 0.29) is 0 Å². The van der Waals surface area contributed by atoms with Gasteiger partial charge in [0.05, 0.1) is 5.69 Å². The third-order valence-corrected chi connectivity index (χ3v) is 11.2. The molecule has 56 heavy (non-hydrogen) atoms. The molecule has 0 saturated heterocycles. The van der Waals surface area contributed by atoms with Crippen molar-refractivity contribution in [2.24, 2.45) is 0 Å². The van der Waals surface area contributed by atoms with Crippen LogP contribution in [0.2, 0.25) is 0 Å². The molecule has 1 aliphatic heterocycles. The lowest BCUT2D eigenvalue weighted by atomic mass is 9.84. The highest BCUT2D eigenvalue weighted by molar-refractivity contribution is 6.07. The van der Waals surface area contributed by atoms with E-state index in [9.17, 15) is 0 Å². The summed E-state index contributed by atoms with van der Waals surface area (Å²) in [5, 5.41) is 8.68. The van der Waals surface area contributed by atoms with Gasteiger partial charge in [-0.05, 0) is 138 Å². The number of nitrogens with one attached hydrogen (secondary N) is 1. The molecular weight excluding hydrogens is 677 g/mol. The van der Waals surface area contributed by atoms with Crippen molar-refractivity contribution in [3.8, 4) is 66.9 Å². The Morgan fingerprint density at radius 2 is 0.946 bits per heavy atom. The van der Waals surface area contributed by atoms with Crippen LogP contribution in [0.1, 0.15) is 18.4 Å². The maximum Gasteiger partial charge on any atom is 0.0701 e. The summed E-state index contributed by atoms with van der Waals surface area (Å²) in [5.41, 5.74) is 16.7. The molecule has 0 unspecified atom stereocenters. The highest BCUT2D eigenvalue weighted by Gasteiger charge is 2.18. The van der Waals surface area contributed by atoms with E-state index in [0.717, 1.165) is 36.3 Å². The molecule has 0 bridgehead atoms. The summed E-state index contributed by atoms with van der Waals surface area (Å²) >= 11 is 0. The van der Waals surface area contributed by atoms with Crippen LogP contribution in [-0.4, -0.2) is 11.5 Å². The van der Waals surface area contributed by atoms with E-state index >= 15 is 0 Å². The van der Waals surface area contributed by atoms with Crippen molar-refractivity contribution in [2.75, 3.05) is 6.54 Å². The molecule has 10 rings (SSSR count). The first-order valence-electron chi connectivity index (χ1n) is 19.6. The Hall–Kier alpha value is -7.03. The molecule has 1 aromatic heterocycles. The average molecular weight is 717 g/mol. The van der Waals surface area contributed by atoms with Gasteiger partial charge in [0.15, 0.2) is 0 Å². The Labute approximate surface area is 328 Å². The molecule has 1 aliphatic carbocycles. The maximum atomic E-state index is 4.63. The molecule has 2 aliphatic rings. The fourth-order valence-electron chi connectivity index (χ4n) is 8.41. The summed E-state index contributed by atoms with van der Waals surface area (Å²) in [4.78, 5) is 4.63. The third kappa shape index (κ3) is 6.36. The Kier molecular flexibility index (Phi) is 8.78. The first kappa shape index (κ1) is 33.5. The van der Waals surface area contributed by atoms with Crippen LogP contribution in [0.25, 0.3) is 95.5 Å². The van der Waals surface area contributed by atoms with E-state index in [2.05, 4.69) is 192 Å². The summed E-state index contributed by atoms with van der Waals surface area (Å²) < 4.78 is 0. The van der Waals surface area contributed by atoms with Gasteiger partial charge in [-0.15, -0.1) is 0 Å². The molecule has 0 saturated carbocycles. The van der Waals surface area contributed by atoms with Crippen molar-refractivity contribution < 1.29 is 0 Å². The van der Waals surface area contributed by atoms with Gasteiger partial charge >= 0.3 is 0 Å².